The monoisotopic (exact) mass is 332 g/mol. The lowest BCUT2D eigenvalue weighted by Crippen LogP contribution is -2.40. The standard InChI is InChI=1S/C17H17NO4S/c1-12(2)11-18-10-6-8-15(17(18)13(3)19)14-7-4-5-9-16(14)23(20,21)22/h4-10H,1,11H2,2-3H3/p+1. The fraction of sp³-hybridized carbons (Fsp3) is 0.176. The molecule has 0 radical (unpaired) electrons. The van der Waals surface area contributed by atoms with Gasteiger partial charge in [0.15, 0.2) is 12.7 Å². The van der Waals surface area contributed by atoms with E-state index in [0.717, 1.165) is 5.57 Å². The fourth-order valence-corrected chi connectivity index (χ4v) is 3.20. The number of ketones is 1. The Hall–Kier alpha value is -2.31. The van der Waals surface area contributed by atoms with E-state index in [-0.39, 0.29) is 16.2 Å². The van der Waals surface area contributed by atoms with Crippen molar-refractivity contribution in [3.8, 4) is 11.1 Å². The maximum Gasteiger partial charge on any atom is 0.295 e. The Bertz CT molecular complexity index is 885. The molecule has 120 valence electrons. The highest BCUT2D eigenvalue weighted by atomic mass is 32.2. The minimum absolute atomic E-state index is 0.202. The van der Waals surface area contributed by atoms with Gasteiger partial charge in [0.2, 0.25) is 5.78 Å². The second-order valence-electron chi connectivity index (χ2n) is 5.38. The van der Waals surface area contributed by atoms with Crippen LogP contribution in [0.25, 0.3) is 11.1 Å². The first-order valence-corrected chi connectivity index (χ1v) is 8.40. The third kappa shape index (κ3) is 3.72. The van der Waals surface area contributed by atoms with Crippen molar-refractivity contribution in [3.63, 3.8) is 0 Å². The normalized spacial score (nSPS) is 11.3. The van der Waals surface area contributed by atoms with Gasteiger partial charge >= 0.3 is 0 Å². The minimum Gasteiger partial charge on any atom is -0.288 e. The molecular formula is C17H18NO4S+. The highest BCUT2D eigenvalue weighted by Gasteiger charge is 2.25. The van der Waals surface area contributed by atoms with E-state index in [9.17, 15) is 17.8 Å². The molecule has 0 spiro atoms. The van der Waals surface area contributed by atoms with Gasteiger partial charge in [-0.3, -0.25) is 9.35 Å². The molecule has 0 aliphatic carbocycles. The zero-order valence-corrected chi connectivity index (χ0v) is 13.8. The molecule has 6 heteroatoms. The maximum absolute atomic E-state index is 12.1. The summed E-state index contributed by atoms with van der Waals surface area (Å²) in [4.78, 5) is 11.9. The van der Waals surface area contributed by atoms with Crippen LogP contribution in [-0.2, 0) is 16.7 Å². The molecule has 1 aromatic heterocycles. The average molecular weight is 332 g/mol. The Morgan fingerprint density at radius 3 is 2.30 bits per heavy atom. The van der Waals surface area contributed by atoms with Crippen LogP contribution in [0.3, 0.4) is 0 Å². The van der Waals surface area contributed by atoms with Crippen LogP contribution in [0.4, 0.5) is 0 Å². The number of hydrogen-bond acceptors (Lipinski definition) is 3. The lowest BCUT2D eigenvalue weighted by molar-refractivity contribution is -0.690. The lowest BCUT2D eigenvalue weighted by Gasteiger charge is -2.10. The molecule has 1 N–H and O–H groups in total. The summed E-state index contributed by atoms with van der Waals surface area (Å²) in [5.41, 5.74) is 1.97. The Morgan fingerprint density at radius 2 is 1.74 bits per heavy atom. The van der Waals surface area contributed by atoms with Crippen LogP contribution in [0.1, 0.15) is 24.3 Å². The lowest BCUT2D eigenvalue weighted by atomic mass is 10.0. The first kappa shape index (κ1) is 17.1. The summed E-state index contributed by atoms with van der Waals surface area (Å²) in [6.07, 6.45) is 1.74. The molecule has 2 aromatic rings. The molecule has 0 atom stereocenters. The van der Waals surface area contributed by atoms with Crippen LogP contribution in [0.2, 0.25) is 0 Å². The molecule has 2 rings (SSSR count). The predicted octanol–water partition coefficient (Wildman–Crippen LogP) is 2.67. The van der Waals surface area contributed by atoms with E-state index in [1.54, 1.807) is 35.0 Å². The van der Waals surface area contributed by atoms with Gasteiger partial charge in [0.25, 0.3) is 15.8 Å². The van der Waals surface area contributed by atoms with Crippen LogP contribution in [0, 0.1) is 0 Å². The second-order valence-corrected chi connectivity index (χ2v) is 6.77. The van der Waals surface area contributed by atoms with Gasteiger partial charge < -0.3 is 0 Å². The zero-order valence-electron chi connectivity index (χ0n) is 13.0. The average Bonchev–Trinajstić information content (AvgIpc) is 2.45. The molecule has 0 bridgehead atoms. The van der Waals surface area contributed by atoms with Crippen LogP contribution in [0.15, 0.2) is 59.6 Å². The van der Waals surface area contributed by atoms with E-state index in [1.807, 2.05) is 6.92 Å². The van der Waals surface area contributed by atoms with Gasteiger partial charge in [-0.2, -0.15) is 13.0 Å². The summed E-state index contributed by atoms with van der Waals surface area (Å²) < 4.78 is 34.4. The predicted molar refractivity (Wildman–Crippen MR) is 86.7 cm³/mol. The number of rotatable bonds is 5. The summed E-state index contributed by atoms with van der Waals surface area (Å²) in [5.74, 6) is -0.202. The number of aromatic nitrogens is 1. The van der Waals surface area contributed by atoms with Crippen molar-refractivity contribution in [2.45, 2.75) is 25.3 Å². The molecule has 23 heavy (non-hydrogen) atoms. The highest BCUT2D eigenvalue weighted by Crippen LogP contribution is 2.28. The van der Waals surface area contributed by atoms with Crippen LogP contribution in [-0.4, -0.2) is 18.8 Å². The van der Waals surface area contributed by atoms with E-state index >= 15 is 0 Å². The van der Waals surface area contributed by atoms with Crippen molar-refractivity contribution in [2.24, 2.45) is 0 Å². The Kier molecular flexibility index (Phi) is 4.77. The van der Waals surface area contributed by atoms with E-state index in [4.69, 9.17) is 0 Å². The summed E-state index contributed by atoms with van der Waals surface area (Å²) in [6, 6.07) is 9.44. The van der Waals surface area contributed by atoms with Crippen LogP contribution >= 0.6 is 0 Å². The van der Waals surface area contributed by atoms with Gasteiger partial charge in [0.05, 0.1) is 5.56 Å². The molecule has 1 aromatic carbocycles. The van der Waals surface area contributed by atoms with E-state index < -0.39 is 10.1 Å². The number of allylic oxidation sites excluding steroid dienone is 1. The molecule has 0 unspecified atom stereocenters. The Morgan fingerprint density at radius 1 is 1.13 bits per heavy atom. The number of carbonyl (C=O) groups excluding carboxylic acids is 1. The van der Waals surface area contributed by atoms with Crippen molar-refractivity contribution < 1.29 is 22.3 Å². The zero-order chi connectivity index (χ0) is 17.2. The Labute approximate surface area is 135 Å². The Balaban J connectivity index is 2.80. The van der Waals surface area contributed by atoms with Gasteiger partial charge in [-0.1, -0.05) is 24.8 Å². The molecule has 0 saturated heterocycles. The molecule has 0 saturated carbocycles. The molecule has 0 amide bonds. The maximum atomic E-state index is 12.1. The highest BCUT2D eigenvalue weighted by molar-refractivity contribution is 7.86. The van der Waals surface area contributed by atoms with Crippen molar-refractivity contribution >= 4 is 15.9 Å². The van der Waals surface area contributed by atoms with Gasteiger partial charge in [-0.05, 0) is 24.6 Å². The molecule has 1 heterocycles. The molecule has 0 aliphatic rings. The summed E-state index contributed by atoms with van der Waals surface area (Å²) in [5, 5.41) is 0. The molecule has 5 nitrogen and oxygen atoms in total. The topological polar surface area (TPSA) is 75.3 Å². The second kappa shape index (κ2) is 6.44. The largest absolute Gasteiger partial charge is 0.295 e. The van der Waals surface area contributed by atoms with Gasteiger partial charge in [0, 0.05) is 18.6 Å². The third-order valence-electron chi connectivity index (χ3n) is 3.30. The van der Waals surface area contributed by atoms with Crippen molar-refractivity contribution in [2.75, 3.05) is 0 Å². The van der Waals surface area contributed by atoms with Gasteiger partial charge in [0.1, 0.15) is 4.90 Å². The minimum atomic E-state index is -4.40. The van der Waals surface area contributed by atoms with E-state index in [2.05, 4.69) is 6.58 Å². The number of hydrogen-bond donors (Lipinski definition) is 1. The van der Waals surface area contributed by atoms with Crippen molar-refractivity contribution in [3.05, 3.63) is 60.4 Å². The fourth-order valence-electron chi connectivity index (χ4n) is 2.50. The van der Waals surface area contributed by atoms with Gasteiger partial charge in [-0.15, -0.1) is 0 Å². The molecule has 0 aliphatic heterocycles. The summed E-state index contributed by atoms with van der Waals surface area (Å²) in [7, 11) is -4.40. The number of benzene rings is 1. The molecule has 0 fully saturated rings. The first-order chi connectivity index (χ1) is 10.7. The number of pyridine rings is 1. The number of carbonyl (C=O) groups is 1. The summed E-state index contributed by atoms with van der Waals surface area (Å²) >= 11 is 0. The smallest absolute Gasteiger partial charge is 0.288 e. The van der Waals surface area contributed by atoms with Crippen molar-refractivity contribution in [1.82, 2.24) is 0 Å². The number of Topliss-reactive ketones (excluding diaryl/α,β-unsaturated/α-hetero) is 1. The third-order valence-corrected chi connectivity index (χ3v) is 4.21. The van der Waals surface area contributed by atoms with Gasteiger partial charge in [-0.25, -0.2) is 0 Å². The number of nitrogens with zero attached hydrogens (tertiary/aromatic N) is 1. The van der Waals surface area contributed by atoms with Crippen LogP contribution in [0.5, 0.6) is 0 Å². The van der Waals surface area contributed by atoms with Crippen molar-refractivity contribution in [1.29, 1.82) is 0 Å². The van der Waals surface area contributed by atoms with E-state index in [0.29, 0.717) is 17.8 Å². The van der Waals surface area contributed by atoms with E-state index in [1.165, 1.54) is 19.1 Å². The summed E-state index contributed by atoms with van der Waals surface area (Å²) in [6.45, 7) is 7.55. The first-order valence-electron chi connectivity index (χ1n) is 6.96. The SMILES string of the molecule is C=C(C)C[n+]1cccc(-c2ccccc2S(=O)(=O)O)c1C(C)=O. The van der Waals surface area contributed by atoms with Crippen LogP contribution < -0.4 is 4.57 Å². The quantitative estimate of drug-likeness (QED) is 0.395. The molecular weight excluding hydrogens is 314 g/mol.